The lowest BCUT2D eigenvalue weighted by molar-refractivity contribution is 0.213. The molecule has 0 bridgehead atoms. The summed E-state index contributed by atoms with van der Waals surface area (Å²) >= 11 is 0. The van der Waals surface area contributed by atoms with Crippen LogP contribution in [0.3, 0.4) is 0 Å². The molecule has 0 aliphatic heterocycles. The molecular formula is C12H13N7O. The zero-order valence-corrected chi connectivity index (χ0v) is 11.3. The van der Waals surface area contributed by atoms with Gasteiger partial charge in [-0.3, -0.25) is 4.98 Å². The van der Waals surface area contributed by atoms with Crippen LogP contribution in [0.2, 0.25) is 0 Å². The minimum atomic E-state index is 0.664. The second-order valence-electron chi connectivity index (χ2n) is 4.22. The summed E-state index contributed by atoms with van der Waals surface area (Å²) in [5, 5.41) is 8.06. The van der Waals surface area contributed by atoms with Gasteiger partial charge in [0.05, 0.1) is 17.4 Å². The molecule has 3 rings (SSSR count). The molecule has 0 radical (unpaired) electrons. The standard InChI is InChI=1S/C12H13N7O/c1-8(17-20-3)9-4-13-5-10-11(9)18(2)12(16-10)19-7-14-6-15-19/h4-7H,1-3H3/b17-8+. The van der Waals surface area contributed by atoms with Crippen LogP contribution in [0.15, 0.2) is 30.2 Å². The van der Waals surface area contributed by atoms with Gasteiger partial charge in [-0.2, -0.15) is 9.78 Å². The molecule has 0 unspecified atom stereocenters. The van der Waals surface area contributed by atoms with Crippen molar-refractivity contribution in [2.75, 3.05) is 7.11 Å². The van der Waals surface area contributed by atoms with Crippen molar-refractivity contribution in [2.45, 2.75) is 6.92 Å². The molecule has 0 aromatic carbocycles. The van der Waals surface area contributed by atoms with E-state index in [1.807, 2.05) is 18.5 Å². The summed E-state index contributed by atoms with van der Waals surface area (Å²) in [5.41, 5.74) is 3.29. The van der Waals surface area contributed by atoms with Crippen LogP contribution in [-0.2, 0) is 11.9 Å². The predicted molar refractivity (Wildman–Crippen MR) is 72.6 cm³/mol. The maximum atomic E-state index is 4.83. The molecular weight excluding hydrogens is 258 g/mol. The summed E-state index contributed by atoms with van der Waals surface area (Å²) in [7, 11) is 3.43. The Morgan fingerprint density at radius 3 is 2.85 bits per heavy atom. The highest BCUT2D eigenvalue weighted by Crippen LogP contribution is 2.20. The number of nitrogens with zero attached hydrogens (tertiary/aromatic N) is 7. The molecule has 102 valence electrons. The Bertz CT molecular complexity index is 773. The van der Waals surface area contributed by atoms with Crippen molar-refractivity contribution in [3.63, 3.8) is 0 Å². The highest BCUT2D eigenvalue weighted by Gasteiger charge is 2.15. The number of rotatable bonds is 3. The third-order valence-corrected chi connectivity index (χ3v) is 3.00. The summed E-state index contributed by atoms with van der Waals surface area (Å²) in [6.45, 7) is 1.86. The second kappa shape index (κ2) is 4.72. The van der Waals surface area contributed by atoms with Gasteiger partial charge in [0, 0.05) is 18.8 Å². The van der Waals surface area contributed by atoms with E-state index in [1.54, 1.807) is 23.4 Å². The van der Waals surface area contributed by atoms with E-state index in [-0.39, 0.29) is 0 Å². The number of pyridine rings is 1. The fourth-order valence-electron chi connectivity index (χ4n) is 2.13. The van der Waals surface area contributed by atoms with Crippen molar-refractivity contribution in [3.05, 3.63) is 30.6 Å². The lowest BCUT2D eigenvalue weighted by Gasteiger charge is -2.05. The van der Waals surface area contributed by atoms with E-state index in [1.165, 1.54) is 13.4 Å². The minimum Gasteiger partial charge on any atom is -0.399 e. The predicted octanol–water partition coefficient (Wildman–Crippen LogP) is 0.919. The molecule has 0 atom stereocenters. The smallest absolute Gasteiger partial charge is 0.233 e. The molecule has 3 heterocycles. The molecule has 0 saturated carbocycles. The SMILES string of the molecule is CO/N=C(\C)c1cncc2nc(-n3cncn3)n(C)c12. The van der Waals surface area contributed by atoms with E-state index in [4.69, 9.17) is 4.84 Å². The average Bonchev–Trinajstić information content (AvgIpc) is 3.07. The van der Waals surface area contributed by atoms with Crippen molar-refractivity contribution in [3.8, 4) is 5.95 Å². The molecule has 20 heavy (non-hydrogen) atoms. The summed E-state index contributed by atoms with van der Waals surface area (Å²) in [4.78, 5) is 17.5. The van der Waals surface area contributed by atoms with Crippen LogP contribution in [-0.4, -0.2) is 42.1 Å². The van der Waals surface area contributed by atoms with Crippen LogP contribution in [0.5, 0.6) is 0 Å². The highest BCUT2D eigenvalue weighted by atomic mass is 16.6. The summed E-state index contributed by atoms with van der Waals surface area (Å²) in [6.07, 6.45) is 6.52. The van der Waals surface area contributed by atoms with Gasteiger partial charge in [-0.25, -0.2) is 9.97 Å². The van der Waals surface area contributed by atoms with Crippen LogP contribution in [0.25, 0.3) is 17.0 Å². The van der Waals surface area contributed by atoms with E-state index in [9.17, 15) is 0 Å². The average molecular weight is 271 g/mol. The molecule has 0 aliphatic carbocycles. The molecule has 0 fully saturated rings. The lowest BCUT2D eigenvalue weighted by atomic mass is 10.1. The van der Waals surface area contributed by atoms with Crippen LogP contribution in [0, 0.1) is 0 Å². The van der Waals surface area contributed by atoms with Crippen molar-refractivity contribution < 1.29 is 4.84 Å². The second-order valence-corrected chi connectivity index (χ2v) is 4.22. The van der Waals surface area contributed by atoms with Gasteiger partial charge < -0.3 is 9.40 Å². The molecule has 3 aromatic heterocycles. The van der Waals surface area contributed by atoms with Gasteiger partial charge in [0.2, 0.25) is 5.95 Å². The van der Waals surface area contributed by atoms with Crippen molar-refractivity contribution in [1.29, 1.82) is 0 Å². The molecule has 0 amide bonds. The number of hydrogen-bond acceptors (Lipinski definition) is 6. The van der Waals surface area contributed by atoms with Crippen LogP contribution in [0.1, 0.15) is 12.5 Å². The third kappa shape index (κ3) is 1.81. The van der Waals surface area contributed by atoms with Crippen molar-refractivity contribution >= 4 is 16.7 Å². The van der Waals surface area contributed by atoms with E-state index < -0.39 is 0 Å². The zero-order valence-electron chi connectivity index (χ0n) is 11.3. The van der Waals surface area contributed by atoms with Gasteiger partial charge >= 0.3 is 0 Å². The van der Waals surface area contributed by atoms with Crippen LogP contribution < -0.4 is 0 Å². The number of hydrogen-bond donors (Lipinski definition) is 0. The van der Waals surface area contributed by atoms with Gasteiger partial charge in [0.1, 0.15) is 25.3 Å². The summed E-state index contributed by atoms with van der Waals surface area (Å²) < 4.78 is 3.53. The first-order valence-electron chi connectivity index (χ1n) is 5.96. The Morgan fingerprint density at radius 2 is 2.15 bits per heavy atom. The third-order valence-electron chi connectivity index (χ3n) is 3.00. The number of oxime groups is 1. The van der Waals surface area contributed by atoms with Gasteiger partial charge in [0.25, 0.3) is 0 Å². The van der Waals surface area contributed by atoms with Crippen LogP contribution >= 0.6 is 0 Å². The number of aromatic nitrogens is 6. The number of fused-ring (bicyclic) bond motifs is 1. The monoisotopic (exact) mass is 271 g/mol. The lowest BCUT2D eigenvalue weighted by Crippen LogP contribution is -2.05. The van der Waals surface area contributed by atoms with Gasteiger partial charge in [0.15, 0.2) is 0 Å². The topological polar surface area (TPSA) is 83.0 Å². The summed E-state index contributed by atoms with van der Waals surface area (Å²) in [5.74, 6) is 0.664. The maximum Gasteiger partial charge on any atom is 0.233 e. The quantitative estimate of drug-likeness (QED) is 0.522. The van der Waals surface area contributed by atoms with E-state index in [2.05, 4.69) is 25.2 Å². The first-order chi connectivity index (χ1) is 9.72. The Kier molecular flexibility index (Phi) is 2.90. The fourth-order valence-corrected chi connectivity index (χ4v) is 2.13. The molecule has 0 aliphatic rings. The normalized spacial score (nSPS) is 12.1. The molecule has 8 nitrogen and oxygen atoms in total. The van der Waals surface area contributed by atoms with E-state index in [0.717, 1.165) is 22.3 Å². The Labute approximate surface area is 114 Å². The Balaban J connectivity index is 2.27. The van der Waals surface area contributed by atoms with Gasteiger partial charge in [-0.15, -0.1) is 0 Å². The van der Waals surface area contributed by atoms with E-state index >= 15 is 0 Å². The van der Waals surface area contributed by atoms with Crippen molar-refractivity contribution in [2.24, 2.45) is 12.2 Å². The first-order valence-corrected chi connectivity index (χ1v) is 5.96. The molecule has 0 N–H and O–H groups in total. The molecule has 8 heteroatoms. The first kappa shape index (κ1) is 12.3. The molecule has 0 spiro atoms. The Hall–Kier alpha value is -2.77. The largest absolute Gasteiger partial charge is 0.399 e. The number of imidazole rings is 1. The fraction of sp³-hybridized carbons (Fsp3) is 0.250. The van der Waals surface area contributed by atoms with Crippen molar-refractivity contribution in [1.82, 2.24) is 29.3 Å². The minimum absolute atomic E-state index is 0.664. The molecule has 3 aromatic rings. The Morgan fingerprint density at radius 1 is 1.30 bits per heavy atom. The van der Waals surface area contributed by atoms with E-state index in [0.29, 0.717) is 5.95 Å². The highest BCUT2D eigenvalue weighted by molar-refractivity contribution is 6.07. The van der Waals surface area contributed by atoms with Gasteiger partial charge in [-0.1, -0.05) is 5.16 Å². The molecule has 0 saturated heterocycles. The summed E-state index contributed by atoms with van der Waals surface area (Å²) in [6, 6.07) is 0. The maximum absolute atomic E-state index is 4.83. The zero-order chi connectivity index (χ0) is 14.1. The number of aryl methyl sites for hydroxylation is 1. The van der Waals surface area contributed by atoms with Gasteiger partial charge in [-0.05, 0) is 6.92 Å². The van der Waals surface area contributed by atoms with Crippen LogP contribution in [0.4, 0.5) is 0 Å².